The van der Waals surface area contributed by atoms with Gasteiger partial charge in [0.05, 0.1) is 16.7 Å². The van der Waals surface area contributed by atoms with Crippen LogP contribution in [0.2, 0.25) is 5.02 Å². The summed E-state index contributed by atoms with van der Waals surface area (Å²) >= 11 is 7.66. The summed E-state index contributed by atoms with van der Waals surface area (Å²) in [6.45, 7) is 4.11. The van der Waals surface area contributed by atoms with Gasteiger partial charge in [0.15, 0.2) is 11.5 Å². The van der Waals surface area contributed by atoms with Crippen LogP contribution < -0.4 is 14.5 Å². The Balaban J connectivity index is 1.71. The van der Waals surface area contributed by atoms with E-state index in [4.69, 9.17) is 26.2 Å². The number of aromatic nitrogens is 2. The zero-order valence-electron chi connectivity index (χ0n) is 16.5. The fourth-order valence-electron chi connectivity index (χ4n) is 3.66. The fourth-order valence-corrected chi connectivity index (χ4v) is 4.66. The first-order valence-electron chi connectivity index (χ1n) is 9.46. The van der Waals surface area contributed by atoms with Crippen LogP contribution in [0.5, 0.6) is 11.5 Å². The lowest BCUT2D eigenvalue weighted by molar-refractivity contribution is -0.384. The van der Waals surface area contributed by atoms with Gasteiger partial charge >= 0.3 is 0 Å². The van der Waals surface area contributed by atoms with Crippen molar-refractivity contribution in [1.29, 1.82) is 0 Å². The van der Waals surface area contributed by atoms with Crippen molar-refractivity contribution in [3.8, 4) is 11.5 Å². The third-order valence-electron chi connectivity index (χ3n) is 5.12. The molecule has 2 aromatic carbocycles. The van der Waals surface area contributed by atoms with Crippen LogP contribution >= 0.6 is 22.9 Å². The van der Waals surface area contributed by atoms with Crippen molar-refractivity contribution in [1.82, 2.24) is 10.2 Å². The van der Waals surface area contributed by atoms with Crippen LogP contribution in [0.3, 0.4) is 0 Å². The monoisotopic (exact) mass is 457 g/mol. The number of nitro benzene ring substituents is 1. The van der Waals surface area contributed by atoms with Crippen molar-refractivity contribution in [3.05, 3.63) is 67.2 Å². The predicted molar refractivity (Wildman–Crippen MR) is 117 cm³/mol. The molecule has 0 bridgehead atoms. The van der Waals surface area contributed by atoms with Crippen molar-refractivity contribution in [2.45, 2.75) is 26.3 Å². The number of aryl methyl sites for hydroxylation is 1. The minimum absolute atomic E-state index is 0.0162. The first-order chi connectivity index (χ1) is 14.9. The number of nitro groups is 1. The van der Waals surface area contributed by atoms with Gasteiger partial charge in [-0.05, 0) is 50.1 Å². The van der Waals surface area contributed by atoms with Crippen molar-refractivity contribution in [2.75, 3.05) is 11.8 Å². The van der Waals surface area contributed by atoms with Gasteiger partial charge in [0.25, 0.3) is 5.69 Å². The topological polar surface area (TPSA) is 103 Å². The van der Waals surface area contributed by atoms with Gasteiger partial charge in [-0.25, -0.2) is 5.01 Å². The molecule has 0 aliphatic carbocycles. The molecule has 0 spiro atoms. The Labute approximate surface area is 186 Å². The van der Waals surface area contributed by atoms with E-state index < -0.39 is 4.92 Å². The van der Waals surface area contributed by atoms with E-state index in [-0.39, 0.29) is 23.5 Å². The molecule has 3 heterocycles. The van der Waals surface area contributed by atoms with Crippen LogP contribution in [0.25, 0.3) is 0 Å². The maximum absolute atomic E-state index is 11.2. The van der Waals surface area contributed by atoms with E-state index in [0.29, 0.717) is 34.3 Å². The lowest BCUT2D eigenvalue weighted by Crippen LogP contribution is -2.29. The lowest BCUT2D eigenvalue weighted by Gasteiger charge is -2.21. The molecule has 5 rings (SSSR count). The summed E-state index contributed by atoms with van der Waals surface area (Å²) in [4.78, 5) is 10.7. The third-order valence-corrected chi connectivity index (χ3v) is 6.25. The van der Waals surface area contributed by atoms with Gasteiger partial charge < -0.3 is 9.47 Å². The largest absolute Gasteiger partial charge is 0.454 e. The molecule has 11 heteroatoms. The van der Waals surface area contributed by atoms with Crippen LogP contribution in [0.15, 0.2) is 35.4 Å². The molecule has 0 saturated heterocycles. The van der Waals surface area contributed by atoms with E-state index in [1.54, 1.807) is 12.1 Å². The van der Waals surface area contributed by atoms with E-state index in [9.17, 15) is 10.1 Å². The molecule has 31 heavy (non-hydrogen) atoms. The smallest absolute Gasteiger partial charge is 0.287 e. The van der Waals surface area contributed by atoms with Crippen molar-refractivity contribution < 1.29 is 14.4 Å². The molecule has 1 aromatic heterocycles. The van der Waals surface area contributed by atoms with E-state index in [2.05, 4.69) is 17.1 Å². The second-order valence-corrected chi connectivity index (χ2v) is 8.80. The van der Waals surface area contributed by atoms with E-state index in [1.165, 1.54) is 17.4 Å². The Bertz CT molecular complexity index is 1240. The summed E-state index contributed by atoms with van der Waals surface area (Å²) in [6, 6.07) is 8.44. The van der Waals surface area contributed by atoms with E-state index in [1.807, 2.05) is 24.1 Å². The number of rotatable bonds is 3. The Morgan fingerprint density at radius 3 is 2.68 bits per heavy atom. The second kappa shape index (κ2) is 7.47. The number of nitrogens with zero attached hydrogens (tertiary/aromatic N) is 5. The maximum atomic E-state index is 11.2. The Morgan fingerprint density at radius 2 is 2.00 bits per heavy atom. The second-order valence-electron chi connectivity index (χ2n) is 7.24. The zero-order valence-corrected chi connectivity index (χ0v) is 18.1. The molecule has 0 N–H and O–H groups in total. The van der Waals surface area contributed by atoms with Crippen LogP contribution in [0, 0.1) is 17.0 Å². The van der Waals surface area contributed by atoms with Gasteiger partial charge in [0.1, 0.15) is 10.0 Å². The number of anilines is 1. The van der Waals surface area contributed by atoms with Crippen LogP contribution in [0.4, 0.5) is 10.8 Å². The van der Waals surface area contributed by atoms with Crippen LogP contribution in [-0.4, -0.2) is 33.7 Å². The SMILES string of the molecule is Cc1nnc(N2N=C(c3ccc([N+](=O)[O-])c(Cl)c3)c3cc4c(cc3C[C@H]2C)OCO4)s1. The Kier molecular flexibility index (Phi) is 4.75. The molecule has 158 valence electrons. The molecule has 0 amide bonds. The van der Waals surface area contributed by atoms with Crippen molar-refractivity contribution in [2.24, 2.45) is 5.10 Å². The minimum Gasteiger partial charge on any atom is -0.454 e. The fraction of sp³-hybridized carbons (Fsp3) is 0.250. The number of hydrogen-bond acceptors (Lipinski definition) is 9. The Morgan fingerprint density at radius 1 is 1.23 bits per heavy atom. The summed E-state index contributed by atoms with van der Waals surface area (Å²) in [5.74, 6) is 1.32. The molecule has 0 unspecified atom stereocenters. The highest BCUT2D eigenvalue weighted by molar-refractivity contribution is 7.15. The predicted octanol–water partition coefficient (Wildman–Crippen LogP) is 4.34. The summed E-state index contributed by atoms with van der Waals surface area (Å²) in [6.07, 6.45) is 0.679. The normalized spacial score (nSPS) is 17.2. The molecular formula is C20H16ClN5O4S. The van der Waals surface area contributed by atoms with Crippen molar-refractivity contribution >= 4 is 39.5 Å². The number of hydrazone groups is 1. The van der Waals surface area contributed by atoms with Crippen LogP contribution in [0.1, 0.15) is 28.6 Å². The quantitative estimate of drug-likeness (QED) is 0.425. The molecule has 0 saturated carbocycles. The average Bonchev–Trinajstić information content (AvgIpc) is 3.33. The summed E-state index contributed by atoms with van der Waals surface area (Å²) in [5, 5.41) is 27.9. The number of hydrogen-bond donors (Lipinski definition) is 0. The molecule has 1 atom stereocenters. The number of benzene rings is 2. The molecule has 9 nitrogen and oxygen atoms in total. The maximum Gasteiger partial charge on any atom is 0.287 e. The molecule has 2 aliphatic heterocycles. The third kappa shape index (κ3) is 3.47. The van der Waals surface area contributed by atoms with Gasteiger partial charge in [-0.2, -0.15) is 5.10 Å². The first kappa shape index (κ1) is 19.7. The number of fused-ring (bicyclic) bond motifs is 2. The van der Waals surface area contributed by atoms with Crippen molar-refractivity contribution in [3.63, 3.8) is 0 Å². The molecular weight excluding hydrogens is 442 g/mol. The highest BCUT2D eigenvalue weighted by atomic mass is 35.5. The summed E-state index contributed by atoms with van der Waals surface area (Å²) in [7, 11) is 0. The van der Waals surface area contributed by atoms with Crippen LogP contribution in [-0.2, 0) is 6.42 Å². The highest BCUT2D eigenvalue weighted by Gasteiger charge is 2.29. The lowest BCUT2D eigenvalue weighted by atomic mass is 9.94. The van der Waals surface area contributed by atoms with Gasteiger partial charge in [-0.15, -0.1) is 10.2 Å². The van der Waals surface area contributed by atoms with E-state index in [0.717, 1.165) is 16.1 Å². The van der Waals surface area contributed by atoms with Gasteiger partial charge in [0.2, 0.25) is 11.9 Å². The number of halogens is 1. The Hall–Kier alpha value is -3.24. The van der Waals surface area contributed by atoms with E-state index >= 15 is 0 Å². The van der Waals surface area contributed by atoms with Gasteiger partial charge in [-0.3, -0.25) is 10.1 Å². The zero-order chi connectivity index (χ0) is 21.7. The highest BCUT2D eigenvalue weighted by Crippen LogP contribution is 2.39. The standard InChI is InChI=1S/C20H16ClN5O4S/c1-10-5-13-7-17-18(30-9-29-17)8-14(13)19(24-25(10)20-23-22-11(2)31-20)12-3-4-16(26(27)28)15(21)6-12/h3-4,6-8,10H,5,9H2,1-2H3/t10-/m1/s1. The molecule has 0 fully saturated rings. The summed E-state index contributed by atoms with van der Waals surface area (Å²) < 4.78 is 11.1. The molecule has 2 aliphatic rings. The minimum atomic E-state index is -0.509. The number of ether oxygens (including phenoxy) is 2. The van der Waals surface area contributed by atoms with Gasteiger partial charge in [-0.1, -0.05) is 22.9 Å². The van der Waals surface area contributed by atoms with Gasteiger partial charge in [0, 0.05) is 17.2 Å². The first-order valence-corrected chi connectivity index (χ1v) is 10.7. The molecule has 3 aromatic rings. The average molecular weight is 458 g/mol. The summed E-state index contributed by atoms with van der Waals surface area (Å²) in [5.41, 5.74) is 2.98. The molecule has 0 radical (unpaired) electrons.